The third kappa shape index (κ3) is 35.4. The highest BCUT2D eigenvalue weighted by molar-refractivity contribution is 7.46. The van der Waals surface area contributed by atoms with Crippen LogP contribution in [-0.4, -0.2) is 41.0 Å². The molecule has 9 heteroatoms. The Balaban J connectivity index is 3.99. The van der Waals surface area contributed by atoms with Gasteiger partial charge in [-0.2, -0.15) is 0 Å². The second-order valence-corrected chi connectivity index (χ2v) is 13.8. The molecule has 0 aromatic heterocycles. The Hall–Kier alpha value is -1.47. The van der Waals surface area contributed by atoms with Gasteiger partial charge in [0.2, 0.25) is 0 Å². The SMILES string of the molecule is CCCCCC/C=C/CCCCCCCCCC(=O)OC[C@H](COP(=O)(O)O)OC(=O)CCCCC/C=C/CCCCCCCC. The largest absolute Gasteiger partial charge is 0.469 e. The molecule has 8 nitrogen and oxygen atoms in total. The highest BCUT2D eigenvalue weighted by Crippen LogP contribution is 2.36. The first kappa shape index (κ1) is 44.5. The van der Waals surface area contributed by atoms with Crippen molar-refractivity contribution in [3.8, 4) is 0 Å². The predicted molar refractivity (Wildman–Crippen MR) is 189 cm³/mol. The van der Waals surface area contributed by atoms with Crippen LogP contribution < -0.4 is 0 Å². The molecule has 0 saturated heterocycles. The maximum Gasteiger partial charge on any atom is 0.469 e. The Morgan fingerprint density at radius 1 is 0.543 bits per heavy atom. The molecule has 0 bridgehead atoms. The van der Waals surface area contributed by atoms with Crippen LogP contribution in [-0.2, 0) is 28.2 Å². The quantitative estimate of drug-likeness (QED) is 0.0300. The van der Waals surface area contributed by atoms with E-state index in [9.17, 15) is 14.2 Å². The minimum absolute atomic E-state index is 0.192. The first-order chi connectivity index (χ1) is 22.3. The van der Waals surface area contributed by atoms with Crippen LogP contribution in [0.3, 0.4) is 0 Å². The van der Waals surface area contributed by atoms with Crippen molar-refractivity contribution < 1.29 is 37.9 Å². The number of allylic oxidation sites excluding steroid dienone is 4. The summed E-state index contributed by atoms with van der Waals surface area (Å²) in [7, 11) is -4.75. The molecule has 270 valence electrons. The molecule has 0 aliphatic carbocycles. The Kier molecular flexibility index (Phi) is 32.4. The standard InChI is InChI=1S/C37H69O8P/c1-3-5-7-9-11-13-15-17-18-20-21-23-25-27-29-31-36(38)43-33-35(34-44-46(40,41)42)45-37(39)32-30-28-26-24-22-19-16-14-12-10-8-6-4-2/h13,15,19,22,35H,3-12,14,16-18,20-21,23-34H2,1-2H3,(H2,40,41,42)/b15-13+,22-19+/t35-/m1/s1. The van der Waals surface area contributed by atoms with Gasteiger partial charge in [0.25, 0.3) is 0 Å². The van der Waals surface area contributed by atoms with Crippen molar-refractivity contribution in [3.05, 3.63) is 24.3 Å². The fourth-order valence-corrected chi connectivity index (χ4v) is 5.49. The molecule has 0 aromatic rings. The average molecular weight is 673 g/mol. The minimum atomic E-state index is -4.75. The zero-order valence-electron chi connectivity index (χ0n) is 29.5. The first-order valence-corrected chi connectivity index (χ1v) is 20.2. The molecular formula is C37H69O8P. The van der Waals surface area contributed by atoms with E-state index in [0.717, 1.165) is 57.8 Å². The molecule has 0 radical (unpaired) electrons. The van der Waals surface area contributed by atoms with Crippen molar-refractivity contribution >= 4 is 19.8 Å². The normalized spacial score (nSPS) is 12.7. The lowest BCUT2D eigenvalue weighted by molar-refractivity contribution is -0.161. The number of ether oxygens (including phenoxy) is 2. The van der Waals surface area contributed by atoms with Crippen molar-refractivity contribution in [1.29, 1.82) is 0 Å². The Morgan fingerprint density at radius 3 is 1.37 bits per heavy atom. The van der Waals surface area contributed by atoms with Gasteiger partial charge in [-0.15, -0.1) is 0 Å². The zero-order valence-corrected chi connectivity index (χ0v) is 30.4. The van der Waals surface area contributed by atoms with Gasteiger partial charge in [0.15, 0.2) is 6.10 Å². The van der Waals surface area contributed by atoms with Crippen LogP contribution in [0.2, 0.25) is 0 Å². The number of unbranched alkanes of at least 4 members (excludes halogenated alkanes) is 20. The molecule has 0 saturated carbocycles. The van der Waals surface area contributed by atoms with Gasteiger partial charge in [-0.25, -0.2) is 4.57 Å². The van der Waals surface area contributed by atoms with E-state index in [2.05, 4.69) is 42.7 Å². The molecule has 0 aromatic carbocycles. The van der Waals surface area contributed by atoms with E-state index in [1.807, 2.05) is 0 Å². The van der Waals surface area contributed by atoms with Crippen LogP contribution in [0.5, 0.6) is 0 Å². The number of esters is 2. The minimum Gasteiger partial charge on any atom is -0.462 e. The van der Waals surface area contributed by atoms with Gasteiger partial charge in [0.1, 0.15) is 6.61 Å². The van der Waals surface area contributed by atoms with Crippen molar-refractivity contribution in [2.75, 3.05) is 13.2 Å². The molecule has 0 heterocycles. The van der Waals surface area contributed by atoms with E-state index in [-0.39, 0.29) is 19.4 Å². The summed E-state index contributed by atoms with van der Waals surface area (Å²) in [5, 5.41) is 0. The summed E-state index contributed by atoms with van der Waals surface area (Å²) in [5.74, 6) is -0.907. The summed E-state index contributed by atoms with van der Waals surface area (Å²) < 4.78 is 26.3. The Labute approximate surface area is 281 Å². The molecule has 0 amide bonds. The number of phosphoric ester groups is 1. The van der Waals surface area contributed by atoms with E-state index in [1.165, 1.54) is 89.9 Å². The Bertz CT molecular complexity index is 807. The van der Waals surface area contributed by atoms with Crippen molar-refractivity contribution in [2.24, 2.45) is 0 Å². The topological polar surface area (TPSA) is 119 Å². The maximum absolute atomic E-state index is 12.3. The van der Waals surface area contributed by atoms with Crippen LogP contribution in [0.25, 0.3) is 0 Å². The number of carbonyl (C=O) groups excluding carboxylic acids is 2. The number of rotatable bonds is 34. The summed E-state index contributed by atoms with van der Waals surface area (Å²) in [6.45, 7) is 3.64. The second kappa shape index (κ2) is 33.4. The van der Waals surface area contributed by atoms with E-state index in [1.54, 1.807) is 0 Å². The Morgan fingerprint density at radius 2 is 0.913 bits per heavy atom. The van der Waals surface area contributed by atoms with Crippen molar-refractivity contribution in [3.63, 3.8) is 0 Å². The molecule has 1 atom stereocenters. The summed E-state index contributed by atoms with van der Waals surface area (Å²) in [6.07, 6.45) is 36.1. The zero-order chi connectivity index (χ0) is 34.0. The van der Waals surface area contributed by atoms with Crippen LogP contribution in [0.1, 0.15) is 181 Å². The van der Waals surface area contributed by atoms with Gasteiger partial charge in [-0.1, -0.05) is 128 Å². The third-order valence-electron chi connectivity index (χ3n) is 7.94. The van der Waals surface area contributed by atoms with Crippen molar-refractivity contribution in [2.45, 2.75) is 187 Å². The number of hydrogen-bond acceptors (Lipinski definition) is 6. The van der Waals surface area contributed by atoms with Gasteiger partial charge >= 0.3 is 19.8 Å². The summed E-state index contributed by atoms with van der Waals surface area (Å²) >= 11 is 0. The highest BCUT2D eigenvalue weighted by Gasteiger charge is 2.22. The number of phosphoric acid groups is 1. The van der Waals surface area contributed by atoms with E-state index in [4.69, 9.17) is 19.3 Å². The van der Waals surface area contributed by atoms with Crippen LogP contribution in [0, 0.1) is 0 Å². The molecular weight excluding hydrogens is 603 g/mol. The van der Waals surface area contributed by atoms with Crippen LogP contribution >= 0.6 is 7.82 Å². The van der Waals surface area contributed by atoms with Gasteiger partial charge in [0, 0.05) is 12.8 Å². The van der Waals surface area contributed by atoms with Gasteiger partial charge in [0.05, 0.1) is 6.61 Å². The summed E-state index contributed by atoms with van der Waals surface area (Å²) in [6, 6.07) is 0. The van der Waals surface area contributed by atoms with Crippen LogP contribution in [0.4, 0.5) is 0 Å². The second-order valence-electron chi connectivity index (χ2n) is 12.5. The van der Waals surface area contributed by atoms with Gasteiger partial charge in [-0.3, -0.25) is 14.1 Å². The van der Waals surface area contributed by atoms with Gasteiger partial charge in [-0.05, 0) is 64.2 Å². The fraction of sp³-hybridized carbons (Fsp3) is 0.838. The predicted octanol–water partition coefficient (Wildman–Crippen LogP) is 10.8. The monoisotopic (exact) mass is 672 g/mol. The average Bonchev–Trinajstić information content (AvgIpc) is 3.02. The van der Waals surface area contributed by atoms with Gasteiger partial charge < -0.3 is 19.3 Å². The summed E-state index contributed by atoms with van der Waals surface area (Å²) in [4.78, 5) is 42.6. The molecule has 2 N–H and O–H groups in total. The molecule has 0 fully saturated rings. The van der Waals surface area contributed by atoms with Crippen LogP contribution in [0.15, 0.2) is 24.3 Å². The molecule has 0 aliphatic rings. The van der Waals surface area contributed by atoms with Crippen molar-refractivity contribution in [1.82, 2.24) is 0 Å². The molecule has 0 unspecified atom stereocenters. The van der Waals surface area contributed by atoms with E-state index in [0.29, 0.717) is 6.42 Å². The first-order valence-electron chi connectivity index (χ1n) is 18.6. The number of hydrogen-bond donors (Lipinski definition) is 2. The molecule has 0 rings (SSSR count). The smallest absolute Gasteiger partial charge is 0.462 e. The lowest BCUT2D eigenvalue weighted by Crippen LogP contribution is -2.29. The summed E-state index contributed by atoms with van der Waals surface area (Å²) in [5.41, 5.74) is 0. The molecule has 0 spiro atoms. The third-order valence-corrected chi connectivity index (χ3v) is 8.43. The lowest BCUT2D eigenvalue weighted by Gasteiger charge is -2.18. The number of carbonyl (C=O) groups is 2. The van der Waals surface area contributed by atoms with E-state index < -0.39 is 32.5 Å². The van der Waals surface area contributed by atoms with E-state index >= 15 is 0 Å². The molecule has 46 heavy (non-hydrogen) atoms. The maximum atomic E-state index is 12.3. The fourth-order valence-electron chi connectivity index (χ4n) is 5.13. The highest BCUT2D eigenvalue weighted by atomic mass is 31.2. The lowest BCUT2D eigenvalue weighted by atomic mass is 10.1. The molecule has 0 aliphatic heterocycles.